The van der Waals surface area contributed by atoms with Crippen LogP contribution in [0, 0.1) is 0 Å². The maximum atomic E-state index is 2.56. The smallest absolute Gasteiger partial charge is 0.0619 e. The average molecular weight is 992 g/mol. The van der Waals surface area contributed by atoms with Crippen LogP contribution in [0.4, 0.5) is 0 Å². The van der Waals surface area contributed by atoms with E-state index in [0.29, 0.717) is 0 Å². The van der Waals surface area contributed by atoms with Crippen LogP contribution in [-0.2, 0) is 0 Å². The second-order valence-electron chi connectivity index (χ2n) is 19.2. The summed E-state index contributed by atoms with van der Waals surface area (Å²) in [6, 6.07) is 111. The third kappa shape index (κ3) is 7.62. The summed E-state index contributed by atoms with van der Waals surface area (Å²) in [5.41, 5.74) is 15.4. The number of hydrogen-bond donors (Lipinski definition) is 0. The minimum atomic E-state index is -2.28. The van der Waals surface area contributed by atoms with E-state index >= 15 is 0 Å². The van der Waals surface area contributed by atoms with Gasteiger partial charge in [-0.25, -0.2) is 0 Å². The van der Waals surface area contributed by atoms with Crippen molar-refractivity contribution >= 4 is 63.3 Å². The molecule has 14 aromatic rings. The number of nitrogens with zero attached hydrogens (tertiary/aromatic N) is 1. The molecule has 0 atom stereocenters. The fourth-order valence-corrected chi connectivity index (χ4v) is 16.7. The van der Waals surface area contributed by atoms with Gasteiger partial charge in [0.05, 0.1) is 16.7 Å². The van der Waals surface area contributed by atoms with Crippen LogP contribution in [0.15, 0.2) is 317 Å². The van der Waals surface area contributed by atoms with Gasteiger partial charge in [-0.15, -0.1) is 21.4 Å². The molecule has 1 nitrogen and oxygen atoms in total. The highest BCUT2D eigenvalue weighted by molar-refractivity contribution is 8.34. The normalized spacial score (nSPS) is 11.9. The van der Waals surface area contributed by atoms with E-state index < -0.39 is 10.0 Å². The number of fused-ring (bicyclic) bond motifs is 6. The first kappa shape index (κ1) is 44.7. The van der Waals surface area contributed by atoms with E-state index in [1.807, 2.05) is 11.3 Å². The van der Waals surface area contributed by atoms with Crippen LogP contribution in [0.1, 0.15) is 0 Å². The molecule has 2 heterocycles. The molecule has 12 aromatic carbocycles. The molecule has 0 aliphatic heterocycles. The zero-order valence-electron chi connectivity index (χ0n) is 41.1. The predicted octanol–water partition coefficient (Wildman–Crippen LogP) is 20.8. The average Bonchev–Trinajstić information content (AvgIpc) is 4.09. The molecule has 14 rings (SSSR count). The first-order valence-electron chi connectivity index (χ1n) is 25.6. The molecule has 0 aliphatic rings. The predicted molar refractivity (Wildman–Crippen MR) is 321 cm³/mol. The van der Waals surface area contributed by atoms with Crippen LogP contribution in [0.25, 0.3) is 103 Å². The molecule has 0 unspecified atom stereocenters. The summed E-state index contributed by atoms with van der Waals surface area (Å²) in [7, 11) is -2.28. The number of aromatic nitrogens is 1. The highest BCUT2D eigenvalue weighted by Crippen LogP contribution is 2.75. The van der Waals surface area contributed by atoms with Crippen molar-refractivity contribution < 1.29 is 0 Å². The Labute approximate surface area is 443 Å². The van der Waals surface area contributed by atoms with Crippen LogP contribution in [0.2, 0.25) is 0 Å². The van der Waals surface area contributed by atoms with Crippen molar-refractivity contribution in [2.24, 2.45) is 0 Å². The summed E-state index contributed by atoms with van der Waals surface area (Å²) in [6.07, 6.45) is 0. The van der Waals surface area contributed by atoms with Gasteiger partial charge >= 0.3 is 0 Å². The molecular weight excluding hydrogens is 943 g/mol. The fraction of sp³-hybridized carbons (Fsp3) is 0. The zero-order valence-corrected chi connectivity index (χ0v) is 42.7. The minimum absolute atomic E-state index is 1.15. The van der Waals surface area contributed by atoms with E-state index in [0.717, 1.165) is 16.8 Å². The van der Waals surface area contributed by atoms with Crippen molar-refractivity contribution in [3.05, 3.63) is 297 Å². The van der Waals surface area contributed by atoms with Gasteiger partial charge in [0.2, 0.25) is 0 Å². The second-order valence-corrected chi connectivity index (χ2v) is 23.3. The molecule has 3 heteroatoms. The van der Waals surface area contributed by atoms with Crippen molar-refractivity contribution in [3.63, 3.8) is 0 Å². The molecule has 75 heavy (non-hydrogen) atoms. The van der Waals surface area contributed by atoms with Crippen LogP contribution in [-0.4, -0.2) is 4.57 Å². The Morgan fingerprint density at radius 3 is 1.28 bits per heavy atom. The molecule has 0 N–H and O–H groups in total. The molecule has 0 bridgehead atoms. The quantitative estimate of drug-likeness (QED) is 0.129. The van der Waals surface area contributed by atoms with Gasteiger partial charge in [-0.1, -0.05) is 218 Å². The highest BCUT2D eigenvalue weighted by atomic mass is 32.3. The molecular formula is C72H49NS2. The molecule has 0 aliphatic carbocycles. The topological polar surface area (TPSA) is 4.93 Å². The SMILES string of the molecule is c1ccc(-c2cc(-c3ccccc3)cc(S(c3ccccc3)(c3ccccc3)c3cc(-c4ccccc4)c(-n4c5ccccc5c5cc(-c6cccc7c6sc6ccccc67)ccc54)c(-c4ccccc4)c3)c2)cc1. The highest BCUT2D eigenvalue weighted by Gasteiger charge is 2.36. The van der Waals surface area contributed by atoms with Crippen molar-refractivity contribution in [1.29, 1.82) is 0 Å². The number of para-hydroxylation sites is 1. The van der Waals surface area contributed by atoms with Crippen molar-refractivity contribution in [2.45, 2.75) is 19.6 Å². The van der Waals surface area contributed by atoms with Crippen LogP contribution < -0.4 is 0 Å². The Morgan fingerprint density at radius 1 is 0.253 bits per heavy atom. The Kier molecular flexibility index (Phi) is 11.2. The number of benzene rings is 12. The molecule has 0 amide bonds. The molecule has 0 radical (unpaired) electrons. The first-order chi connectivity index (χ1) is 37.2. The lowest BCUT2D eigenvalue weighted by Gasteiger charge is -2.43. The first-order valence-corrected chi connectivity index (χ1v) is 28.1. The zero-order chi connectivity index (χ0) is 49.7. The Morgan fingerprint density at radius 2 is 0.707 bits per heavy atom. The molecule has 0 spiro atoms. The summed E-state index contributed by atoms with van der Waals surface area (Å²) in [5, 5.41) is 5.07. The summed E-state index contributed by atoms with van der Waals surface area (Å²) in [4.78, 5) is 5.06. The van der Waals surface area contributed by atoms with E-state index in [1.54, 1.807) is 0 Å². The van der Waals surface area contributed by atoms with E-state index in [-0.39, 0.29) is 0 Å². The summed E-state index contributed by atoms with van der Waals surface area (Å²) < 4.78 is 5.20. The molecule has 0 saturated carbocycles. The van der Waals surface area contributed by atoms with Crippen LogP contribution in [0.3, 0.4) is 0 Å². The van der Waals surface area contributed by atoms with Gasteiger partial charge in [-0.2, -0.15) is 0 Å². The van der Waals surface area contributed by atoms with Gasteiger partial charge in [0.15, 0.2) is 0 Å². The summed E-state index contributed by atoms with van der Waals surface area (Å²) in [5.74, 6) is 0. The largest absolute Gasteiger partial charge is 0.308 e. The number of hydrogen-bond acceptors (Lipinski definition) is 1. The lowest BCUT2D eigenvalue weighted by Crippen LogP contribution is -2.08. The molecule has 0 fully saturated rings. The van der Waals surface area contributed by atoms with Gasteiger partial charge in [0, 0.05) is 61.7 Å². The number of thiophene rings is 1. The van der Waals surface area contributed by atoms with Crippen molar-refractivity contribution in [2.75, 3.05) is 0 Å². The van der Waals surface area contributed by atoms with Crippen molar-refractivity contribution in [3.8, 4) is 61.3 Å². The molecule has 2 aromatic heterocycles. The van der Waals surface area contributed by atoms with Crippen LogP contribution >= 0.6 is 21.4 Å². The summed E-state index contributed by atoms with van der Waals surface area (Å²) in [6.45, 7) is 0. The van der Waals surface area contributed by atoms with Gasteiger partial charge in [-0.3, -0.25) is 0 Å². The van der Waals surface area contributed by atoms with E-state index in [4.69, 9.17) is 0 Å². The van der Waals surface area contributed by atoms with E-state index in [1.165, 1.54) is 106 Å². The van der Waals surface area contributed by atoms with E-state index in [2.05, 4.69) is 302 Å². The Bertz CT molecular complexity index is 4210. The van der Waals surface area contributed by atoms with Crippen molar-refractivity contribution in [1.82, 2.24) is 4.57 Å². The third-order valence-corrected chi connectivity index (χ3v) is 19.9. The van der Waals surface area contributed by atoms with Gasteiger partial charge < -0.3 is 4.57 Å². The Balaban J connectivity index is 1.11. The lowest BCUT2D eigenvalue weighted by atomic mass is 9.95. The standard InChI is InChI=1S/C72H49NS2/c1-7-24-50(25-8-1)55-44-56(51-26-9-2-10-27-51)46-59(45-55)75(57-32-15-5-16-33-57,58-34-17-6-18-35-58)60-48-65(52-28-11-3-12-29-52)71(66(49-60)53-30-13-4-14-31-53)73-68-40-21-19-36-62(68)67-47-54(42-43-69(67)73)61-38-23-39-64-63-37-20-22-41-70(63)74-72(61)64/h1-49H. The number of rotatable bonds is 10. The lowest BCUT2D eigenvalue weighted by molar-refractivity contribution is 1.16. The fourth-order valence-electron chi connectivity index (χ4n) is 11.5. The van der Waals surface area contributed by atoms with E-state index in [9.17, 15) is 0 Å². The maximum Gasteiger partial charge on any atom is 0.0619 e. The second kappa shape index (κ2) is 18.8. The van der Waals surface area contributed by atoms with Gasteiger partial charge in [0.1, 0.15) is 0 Å². The summed E-state index contributed by atoms with van der Waals surface area (Å²) >= 11 is 1.89. The van der Waals surface area contributed by atoms with Gasteiger partial charge in [-0.05, 0) is 123 Å². The molecule has 354 valence electrons. The van der Waals surface area contributed by atoms with Crippen LogP contribution in [0.5, 0.6) is 0 Å². The maximum absolute atomic E-state index is 2.56. The monoisotopic (exact) mass is 991 g/mol. The third-order valence-electron chi connectivity index (χ3n) is 14.9. The Hall–Kier alpha value is -8.99. The minimum Gasteiger partial charge on any atom is -0.308 e. The molecule has 0 saturated heterocycles. The van der Waals surface area contributed by atoms with Gasteiger partial charge in [0.25, 0.3) is 0 Å².